The molecule has 0 spiro atoms. The average Bonchev–Trinajstić information content (AvgIpc) is 2.46. The van der Waals surface area contributed by atoms with Crippen molar-refractivity contribution in [1.29, 1.82) is 0 Å². The molecule has 0 aromatic heterocycles. The highest BCUT2D eigenvalue weighted by molar-refractivity contribution is 6.31. The first-order chi connectivity index (χ1) is 9.60. The molecule has 0 aliphatic carbocycles. The number of aliphatic hydroxyl groups is 1. The first kappa shape index (κ1) is 14.8. The number of hydrogen-bond donors (Lipinski definition) is 1. The molecule has 2 nitrogen and oxygen atoms in total. The molecule has 0 fully saturated rings. The maximum atomic E-state index is 12.9. The quantitative estimate of drug-likeness (QED) is 0.879. The molecule has 0 unspecified atom stereocenters. The summed E-state index contributed by atoms with van der Waals surface area (Å²) in [5, 5.41) is 10.0. The minimum atomic E-state index is -0.449. The van der Waals surface area contributed by atoms with E-state index in [1.165, 1.54) is 12.1 Å². The summed E-state index contributed by atoms with van der Waals surface area (Å²) in [6, 6.07) is 11.5. The van der Waals surface area contributed by atoms with E-state index < -0.39 is 6.10 Å². The van der Waals surface area contributed by atoms with Crippen molar-refractivity contribution < 1.29 is 14.2 Å². The van der Waals surface area contributed by atoms with E-state index in [-0.39, 0.29) is 12.4 Å². The molecule has 0 amide bonds. The van der Waals surface area contributed by atoms with E-state index in [9.17, 15) is 9.50 Å². The van der Waals surface area contributed by atoms with Crippen LogP contribution in [0.5, 0.6) is 5.75 Å². The number of benzene rings is 2. The van der Waals surface area contributed by atoms with Crippen molar-refractivity contribution in [2.24, 2.45) is 0 Å². The minimum Gasteiger partial charge on any atom is -0.489 e. The predicted molar refractivity (Wildman–Crippen MR) is 77.4 cm³/mol. The summed E-state index contributed by atoms with van der Waals surface area (Å²) in [7, 11) is 0. The second-order valence-corrected chi connectivity index (χ2v) is 4.92. The fraction of sp³-hybridized carbons (Fsp3) is 0.250. The molecule has 2 aromatic rings. The van der Waals surface area contributed by atoms with Gasteiger partial charge in [0.15, 0.2) is 0 Å². The van der Waals surface area contributed by atoms with Crippen LogP contribution in [0.4, 0.5) is 4.39 Å². The lowest BCUT2D eigenvalue weighted by Crippen LogP contribution is -1.98. The Morgan fingerprint density at radius 1 is 1.20 bits per heavy atom. The van der Waals surface area contributed by atoms with E-state index in [2.05, 4.69) is 0 Å². The fourth-order valence-corrected chi connectivity index (χ4v) is 2.04. The van der Waals surface area contributed by atoms with E-state index in [0.29, 0.717) is 17.2 Å². The monoisotopic (exact) mass is 294 g/mol. The lowest BCUT2D eigenvalue weighted by Gasteiger charge is -2.11. The first-order valence-electron chi connectivity index (χ1n) is 6.45. The zero-order valence-electron chi connectivity index (χ0n) is 11.1. The summed E-state index contributed by atoms with van der Waals surface area (Å²) in [5.41, 5.74) is 1.59. The lowest BCUT2D eigenvalue weighted by molar-refractivity contribution is 0.173. The molecule has 0 aliphatic rings. The summed E-state index contributed by atoms with van der Waals surface area (Å²) in [5.74, 6) is 0.314. The van der Waals surface area contributed by atoms with Gasteiger partial charge in [0, 0.05) is 5.56 Å². The molecule has 0 saturated carbocycles. The summed E-state index contributed by atoms with van der Waals surface area (Å²) in [6.45, 7) is 2.19. The number of hydrogen-bond acceptors (Lipinski definition) is 2. The van der Waals surface area contributed by atoms with Crippen LogP contribution in [-0.4, -0.2) is 5.11 Å². The van der Waals surface area contributed by atoms with Crippen LogP contribution in [0.15, 0.2) is 42.5 Å². The molecule has 0 heterocycles. The Morgan fingerprint density at radius 2 is 1.90 bits per heavy atom. The van der Waals surface area contributed by atoms with E-state index in [0.717, 1.165) is 11.1 Å². The van der Waals surface area contributed by atoms with E-state index in [1.54, 1.807) is 18.2 Å². The van der Waals surface area contributed by atoms with Gasteiger partial charge in [0.2, 0.25) is 0 Å². The zero-order valence-corrected chi connectivity index (χ0v) is 11.9. The lowest BCUT2D eigenvalue weighted by atomic mass is 10.1. The molecule has 20 heavy (non-hydrogen) atoms. The molecule has 0 radical (unpaired) electrons. The van der Waals surface area contributed by atoms with Crippen molar-refractivity contribution in [3.8, 4) is 5.75 Å². The van der Waals surface area contributed by atoms with Gasteiger partial charge < -0.3 is 9.84 Å². The highest BCUT2D eigenvalue weighted by atomic mass is 35.5. The molecule has 1 N–H and O–H groups in total. The highest BCUT2D eigenvalue weighted by Gasteiger charge is 2.06. The van der Waals surface area contributed by atoms with Gasteiger partial charge >= 0.3 is 0 Å². The van der Waals surface area contributed by atoms with Gasteiger partial charge in [-0.2, -0.15) is 0 Å². The maximum Gasteiger partial charge on any atom is 0.124 e. The van der Waals surface area contributed by atoms with Crippen LogP contribution < -0.4 is 4.74 Å². The molecular formula is C16H16ClFO2. The smallest absolute Gasteiger partial charge is 0.124 e. The molecular weight excluding hydrogens is 279 g/mol. The Kier molecular flexibility index (Phi) is 4.99. The third-order valence-electron chi connectivity index (χ3n) is 3.06. The Hall–Kier alpha value is -1.58. The maximum absolute atomic E-state index is 12.9. The standard InChI is InChI=1S/C16H16ClFO2/c1-2-16(19)11-4-7-14(8-5-11)20-10-12-3-6-13(18)9-15(12)17/h3-9,16,19H,2,10H2,1H3/t16-/m0/s1. The van der Waals surface area contributed by atoms with Crippen LogP contribution in [0.25, 0.3) is 0 Å². The van der Waals surface area contributed by atoms with Gasteiger partial charge in [0.25, 0.3) is 0 Å². The predicted octanol–water partition coefficient (Wildman–Crippen LogP) is 4.50. The zero-order chi connectivity index (χ0) is 14.5. The Bertz CT molecular complexity index is 569. The second-order valence-electron chi connectivity index (χ2n) is 4.52. The Labute approximate surface area is 122 Å². The van der Waals surface area contributed by atoms with Gasteiger partial charge in [0.05, 0.1) is 11.1 Å². The van der Waals surface area contributed by atoms with Crippen molar-refractivity contribution in [1.82, 2.24) is 0 Å². The van der Waals surface area contributed by atoms with Crippen molar-refractivity contribution in [2.75, 3.05) is 0 Å². The molecule has 0 saturated heterocycles. The summed E-state index contributed by atoms with van der Waals surface area (Å²) in [6.07, 6.45) is 0.223. The van der Waals surface area contributed by atoms with E-state index >= 15 is 0 Å². The molecule has 0 aliphatic heterocycles. The van der Waals surface area contributed by atoms with Gasteiger partial charge in [-0.3, -0.25) is 0 Å². The molecule has 1 atom stereocenters. The van der Waals surface area contributed by atoms with Gasteiger partial charge in [-0.15, -0.1) is 0 Å². The number of rotatable bonds is 5. The van der Waals surface area contributed by atoms with Crippen LogP contribution in [0.3, 0.4) is 0 Å². The van der Waals surface area contributed by atoms with Gasteiger partial charge in [-0.25, -0.2) is 4.39 Å². The van der Waals surface area contributed by atoms with Crippen molar-refractivity contribution in [3.05, 3.63) is 64.4 Å². The van der Waals surface area contributed by atoms with Crippen molar-refractivity contribution in [2.45, 2.75) is 26.1 Å². The third kappa shape index (κ3) is 3.71. The normalized spacial score (nSPS) is 12.2. The van der Waals surface area contributed by atoms with Crippen LogP contribution in [0.2, 0.25) is 5.02 Å². The topological polar surface area (TPSA) is 29.5 Å². The van der Waals surface area contributed by atoms with Crippen molar-refractivity contribution in [3.63, 3.8) is 0 Å². The largest absolute Gasteiger partial charge is 0.489 e. The summed E-state index contributed by atoms with van der Waals surface area (Å²) in [4.78, 5) is 0. The Balaban J connectivity index is 2.00. The Morgan fingerprint density at radius 3 is 2.50 bits per heavy atom. The third-order valence-corrected chi connectivity index (χ3v) is 3.41. The molecule has 0 bridgehead atoms. The van der Waals surface area contributed by atoms with Crippen molar-refractivity contribution >= 4 is 11.6 Å². The number of halogens is 2. The highest BCUT2D eigenvalue weighted by Crippen LogP contribution is 2.22. The summed E-state index contributed by atoms with van der Waals surface area (Å²) >= 11 is 5.93. The average molecular weight is 295 g/mol. The van der Waals surface area contributed by atoms with Gasteiger partial charge in [0.1, 0.15) is 18.2 Å². The molecule has 2 aromatic carbocycles. The summed E-state index contributed by atoms with van der Waals surface area (Å²) < 4.78 is 18.5. The van der Waals surface area contributed by atoms with E-state index in [1.807, 2.05) is 19.1 Å². The minimum absolute atomic E-state index is 0.273. The molecule has 2 rings (SSSR count). The van der Waals surface area contributed by atoms with Gasteiger partial charge in [-0.1, -0.05) is 36.7 Å². The van der Waals surface area contributed by atoms with Crippen LogP contribution in [-0.2, 0) is 6.61 Å². The number of ether oxygens (including phenoxy) is 1. The van der Waals surface area contributed by atoms with Crippen LogP contribution in [0.1, 0.15) is 30.6 Å². The number of aliphatic hydroxyl groups excluding tert-OH is 1. The molecule has 4 heteroatoms. The van der Waals surface area contributed by atoms with Crippen LogP contribution in [0, 0.1) is 5.82 Å². The molecule has 106 valence electrons. The van der Waals surface area contributed by atoms with Gasteiger partial charge in [-0.05, 0) is 36.2 Å². The first-order valence-corrected chi connectivity index (χ1v) is 6.82. The van der Waals surface area contributed by atoms with E-state index in [4.69, 9.17) is 16.3 Å². The SMILES string of the molecule is CC[C@H](O)c1ccc(OCc2ccc(F)cc2Cl)cc1. The fourth-order valence-electron chi connectivity index (χ4n) is 1.82. The van der Waals surface area contributed by atoms with Crippen LogP contribution >= 0.6 is 11.6 Å². The second kappa shape index (κ2) is 6.73.